The number of nitrogens with zero attached hydrogens (tertiary/aromatic N) is 1. The zero-order chi connectivity index (χ0) is 7.61. The summed E-state index contributed by atoms with van der Waals surface area (Å²) in [5, 5.41) is 0. The first-order chi connectivity index (χ1) is 4.64. The Kier molecular flexibility index (Phi) is 2.18. The molecule has 0 aliphatic carbocycles. The molecule has 1 aliphatic heterocycles. The van der Waals surface area contributed by atoms with Crippen LogP contribution in [0, 0.1) is 0 Å². The number of halogens is 2. The van der Waals surface area contributed by atoms with E-state index in [9.17, 15) is 8.78 Å². The molecule has 0 aromatic heterocycles. The van der Waals surface area contributed by atoms with Gasteiger partial charge in [-0.2, -0.15) is 0 Å². The molecule has 0 amide bonds. The van der Waals surface area contributed by atoms with Crippen molar-refractivity contribution >= 4 is 0 Å². The first-order valence-electron chi connectivity index (χ1n) is 3.18. The third-order valence-corrected chi connectivity index (χ3v) is 1.56. The molecule has 0 spiro atoms. The highest BCUT2D eigenvalue weighted by Crippen LogP contribution is 2.25. The van der Waals surface area contributed by atoms with Gasteiger partial charge in [0.05, 0.1) is 13.2 Å². The zero-order valence-electron chi connectivity index (χ0n) is 5.61. The highest BCUT2D eigenvalue weighted by atomic mass is 19.3. The molecule has 1 aliphatic rings. The van der Waals surface area contributed by atoms with Crippen LogP contribution in [0.15, 0.2) is 0 Å². The van der Waals surface area contributed by atoms with Crippen molar-refractivity contribution in [2.24, 2.45) is 5.84 Å². The second-order valence-corrected chi connectivity index (χ2v) is 2.52. The van der Waals surface area contributed by atoms with Crippen molar-refractivity contribution in [1.82, 2.24) is 10.3 Å². The molecule has 3 nitrogen and oxygen atoms in total. The summed E-state index contributed by atoms with van der Waals surface area (Å²) >= 11 is 0. The summed E-state index contributed by atoms with van der Waals surface area (Å²) in [5.41, 5.74) is 2.34. The molecule has 1 rings (SSSR count). The summed E-state index contributed by atoms with van der Waals surface area (Å²) in [6, 6.07) is 0. The standard InChI is InChI=1S/C5H11F2N3/c6-5(7)1-2-10(3-5)4-9-8/h9H,1-4,8H2. The minimum absolute atomic E-state index is 0.0469. The molecule has 1 heterocycles. The molecule has 1 saturated heterocycles. The summed E-state index contributed by atoms with van der Waals surface area (Å²) in [6.45, 7) is 0.601. The lowest BCUT2D eigenvalue weighted by atomic mass is 10.3. The van der Waals surface area contributed by atoms with Gasteiger partial charge in [-0.15, -0.1) is 0 Å². The molecular formula is C5H11F2N3. The number of likely N-dealkylation sites (tertiary alicyclic amines) is 1. The van der Waals surface area contributed by atoms with Gasteiger partial charge in [-0.1, -0.05) is 0 Å². The van der Waals surface area contributed by atoms with E-state index in [4.69, 9.17) is 5.84 Å². The number of alkyl halides is 2. The fraction of sp³-hybridized carbons (Fsp3) is 1.00. The van der Waals surface area contributed by atoms with Gasteiger partial charge in [-0.05, 0) is 0 Å². The average Bonchev–Trinajstić information content (AvgIpc) is 2.12. The highest BCUT2D eigenvalue weighted by molar-refractivity contribution is 4.80. The van der Waals surface area contributed by atoms with E-state index < -0.39 is 5.92 Å². The number of rotatable bonds is 2. The van der Waals surface area contributed by atoms with E-state index in [1.807, 2.05) is 0 Å². The third kappa shape index (κ3) is 1.86. The van der Waals surface area contributed by atoms with Crippen molar-refractivity contribution in [2.75, 3.05) is 19.8 Å². The maximum absolute atomic E-state index is 12.4. The molecule has 0 atom stereocenters. The van der Waals surface area contributed by atoms with Crippen LogP contribution in [0.1, 0.15) is 6.42 Å². The Morgan fingerprint density at radius 2 is 2.30 bits per heavy atom. The quantitative estimate of drug-likeness (QED) is 0.422. The summed E-state index contributed by atoms with van der Waals surface area (Å²) in [6.07, 6.45) is -0.0469. The van der Waals surface area contributed by atoms with Gasteiger partial charge in [0.25, 0.3) is 5.92 Å². The second-order valence-electron chi connectivity index (χ2n) is 2.52. The lowest BCUT2D eigenvalue weighted by molar-refractivity contribution is 0.0115. The van der Waals surface area contributed by atoms with E-state index >= 15 is 0 Å². The van der Waals surface area contributed by atoms with Crippen molar-refractivity contribution in [1.29, 1.82) is 0 Å². The first-order valence-corrected chi connectivity index (χ1v) is 3.18. The van der Waals surface area contributed by atoms with Crippen molar-refractivity contribution in [3.63, 3.8) is 0 Å². The van der Waals surface area contributed by atoms with Gasteiger partial charge in [0, 0.05) is 13.0 Å². The van der Waals surface area contributed by atoms with E-state index in [2.05, 4.69) is 5.43 Å². The second kappa shape index (κ2) is 2.77. The largest absolute Gasteiger partial charge is 0.283 e. The van der Waals surface area contributed by atoms with Crippen LogP contribution in [-0.2, 0) is 0 Å². The SMILES string of the molecule is NNCN1CCC(F)(F)C1. The molecule has 60 valence electrons. The van der Waals surface area contributed by atoms with Crippen LogP contribution in [0.25, 0.3) is 0 Å². The summed E-state index contributed by atoms with van der Waals surface area (Å²) < 4.78 is 24.8. The fourth-order valence-electron chi connectivity index (χ4n) is 1.07. The first kappa shape index (κ1) is 7.84. The van der Waals surface area contributed by atoms with Gasteiger partial charge in [-0.25, -0.2) is 14.2 Å². The molecule has 3 N–H and O–H groups in total. The third-order valence-electron chi connectivity index (χ3n) is 1.56. The molecular weight excluding hydrogens is 140 g/mol. The van der Waals surface area contributed by atoms with E-state index in [-0.39, 0.29) is 13.0 Å². The molecule has 10 heavy (non-hydrogen) atoms. The normalized spacial score (nSPS) is 25.5. The van der Waals surface area contributed by atoms with Crippen LogP contribution in [0.5, 0.6) is 0 Å². The Morgan fingerprint density at radius 3 is 2.70 bits per heavy atom. The van der Waals surface area contributed by atoms with Crippen molar-refractivity contribution in [3.05, 3.63) is 0 Å². The van der Waals surface area contributed by atoms with Gasteiger partial charge in [-0.3, -0.25) is 10.7 Å². The van der Waals surface area contributed by atoms with Crippen LogP contribution in [0.3, 0.4) is 0 Å². The lowest BCUT2D eigenvalue weighted by Gasteiger charge is -2.13. The summed E-state index contributed by atoms with van der Waals surface area (Å²) in [4.78, 5) is 1.58. The predicted octanol–water partition coefficient (Wildman–Crippen LogP) is -0.252. The zero-order valence-corrected chi connectivity index (χ0v) is 5.61. The van der Waals surface area contributed by atoms with Crippen molar-refractivity contribution in [2.45, 2.75) is 12.3 Å². The summed E-state index contributed by atoms with van der Waals surface area (Å²) in [7, 11) is 0. The lowest BCUT2D eigenvalue weighted by Crippen LogP contribution is -2.37. The Bertz CT molecular complexity index is 117. The Balaban J connectivity index is 2.29. The Labute approximate surface area is 58.1 Å². The minimum atomic E-state index is -2.50. The van der Waals surface area contributed by atoms with Gasteiger partial charge >= 0.3 is 0 Å². The van der Waals surface area contributed by atoms with Gasteiger partial charge in [0.15, 0.2) is 0 Å². The molecule has 0 radical (unpaired) electrons. The van der Waals surface area contributed by atoms with Gasteiger partial charge in [0.1, 0.15) is 0 Å². The maximum atomic E-state index is 12.4. The number of hydrogen-bond acceptors (Lipinski definition) is 3. The fourth-order valence-corrected chi connectivity index (χ4v) is 1.07. The molecule has 0 saturated carbocycles. The summed E-state index contributed by atoms with van der Waals surface area (Å²) in [5.74, 6) is 2.46. The van der Waals surface area contributed by atoms with Gasteiger partial charge < -0.3 is 0 Å². The van der Waals surface area contributed by atoms with Gasteiger partial charge in [0.2, 0.25) is 0 Å². The van der Waals surface area contributed by atoms with Crippen LogP contribution in [-0.4, -0.2) is 30.6 Å². The number of hydrazine groups is 1. The van der Waals surface area contributed by atoms with E-state index in [1.165, 1.54) is 0 Å². The van der Waals surface area contributed by atoms with Crippen LogP contribution in [0.4, 0.5) is 8.78 Å². The average molecular weight is 151 g/mol. The Morgan fingerprint density at radius 1 is 1.60 bits per heavy atom. The van der Waals surface area contributed by atoms with Crippen LogP contribution < -0.4 is 11.3 Å². The van der Waals surface area contributed by atoms with E-state index in [0.717, 1.165) is 0 Å². The molecule has 5 heteroatoms. The number of nitrogens with one attached hydrogen (secondary N) is 1. The molecule has 0 aromatic rings. The molecule has 0 unspecified atom stereocenters. The topological polar surface area (TPSA) is 41.3 Å². The predicted molar refractivity (Wildman–Crippen MR) is 33.3 cm³/mol. The highest BCUT2D eigenvalue weighted by Gasteiger charge is 2.37. The van der Waals surface area contributed by atoms with Crippen LogP contribution >= 0.6 is 0 Å². The monoisotopic (exact) mass is 151 g/mol. The van der Waals surface area contributed by atoms with E-state index in [0.29, 0.717) is 13.2 Å². The number of nitrogens with two attached hydrogens (primary N) is 1. The minimum Gasteiger partial charge on any atom is -0.283 e. The smallest absolute Gasteiger partial charge is 0.261 e. The molecule has 1 fully saturated rings. The Hall–Kier alpha value is -0.260. The van der Waals surface area contributed by atoms with Crippen molar-refractivity contribution in [3.8, 4) is 0 Å². The van der Waals surface area contributed by atoms with E-state index in [1.54, 1.807) is 4.90 Å². The van der Waals surface area contributed by atoms with Crippen LogP contribution in [0.2, 0.25) is 0 Å². The maximum Gasteiger partial charge on any atom is 0.261 e. The number of hydrogen-bond donors (Lipinski definition) is 2. The molecule has 0 bridgehead atoms. The van der Waals surface area contributed by atoms with Crippen molar-refractivity contribution < 1.29 is 8.78 Å². The molecule has 0 aromatic carbocycles.